The molecule has 0 amide bonds. The molecular formula is C8H12N2S. The minimum Gasteiger partial charge on any atom is -0.242 e. The lowest BCUT2D eigenvalue weighted by molar-refractivity contribution is 0.964. The van der Waals surface area contributed by atoms with Crippen molar-refractivity contribution in [2.75, 3.05) is 5.75 Å². The molecule has 2 nitrogen and oxygen atoms in total. The van der Waals surface area contributed by atoms with Gasteiger partial charge in [-0.15, -0.1) is 11.8 Å². The molecular weight excluding hydrogens is 156 g/mol. The summed E-state index contributed by atoms with van der Waals surface area (Å²) in [5.74, 6) is 1.99. The third-order valence-electron chi connectivity index (χ3n) is 1.20. The van der Waals surface area contributed by atoms with Crippen LogP contribution in [0.15, 0.2) is 17.3 Å². The average molecular weight is 168 g/mol. The van der Waals surface area contributed by atoms with E-state index in [0.717, 1.165) is 16.6 Å². The summed E-state index contributed by atoms with van der Waals surface area (Å²) in [6.07, 6.45) is 2.99. The van der Waals surface area contributed by atoms with Gasteiger partial charge < -0.3 is 0 Å². The van der Waals surface area contributed by atoms with Crippen molar-refractivity contribution in [1.82, 2.24) is 9.97 Å². The molecule has 0 aliphatic carbocycles. The van der Waals surface area contributed by atoms with Crippen LogP contribution in [0.4, 0.5) is 0 Å². The fourth-order valence-electron chi connectivity index (χ4n) is 0.722. The third-order valence-corrected chi connectivity index (χ3v) is 2.34. The van der Waals surface area contributed by atoms with Crippen molar-refractivity contribution in [2.24, 2.45) is 0 Å². The number of aryl methyl sites for hydroxylation is 1. The highest BCUT2D eigenvalue weighted by molar-refractivity contribution is 7.99. The maximum atomic E-state index is 4.26. The zero-order chi connectivity index (χ0) is 8.10. The van der Waals surface area contributed by atoms with Crippen molar-refractivity contribution in [2.45, 2.75) is 25.3 Å². The Hall–Kier alpha value is -0.570. The van der Waals surface area contributed by atoms with E-state index in [1.54, 1.807) is 18.0 Å². The first-order valence-corrected chi connectivity index (χ1v) is 4.74. The minimum absolute atomic E-state index is 0.853. The van der Waals surface area contributed by atoms with E-state index in [2.05, 4.69) is 16.9 Å². The Morgan fingerprint density at radius 3 is 3.00 bits per heavy atom. The summed E-state index contributed by atoms with van der Waals surface area (Å²) in [6, 6.07) is 1.95. The molecule has 1 rings (SSSR count). The molecule has 0 N–H and O–H groups in total. The SMILES string of the molecule is CCCSc1ccnc(C)n1. The molecule has 0 radical (unpaired) electrons. The molecule has 0 fully saturated rings. The topological polar surface area (TPSA) is 25.8 Å². The zero-order valence-corrected chi connectivity index (χ0v) is 7.69. The Kier molecular flexibility index (Phi) is 3.36. The molecule has 1 heterocycles. The number of hydrogen-bond donors (Lipinski definition) is 0. The fourth-order valence-corrected chi connectivity index (χ4v) is 1.49. The lowest BCUT2D eigenvalue weighted by Crippen LogP contribution is -1.88. The number of thioether (sulfide) groups is 1. The Balaban J connectivity index is 2.56. The molecule has 0 bridgehead atoms. The Labute approximate surface area is 71.5 Å². The molecule has 0 aliphatic heterocycles. The standard InChI is InChI=1S/C8H12N2S/c1-3-6-11-8-4-5-9-7(2)10-8/h4-5H,3,6H2,1-2H3. The van der Waals surface area contributed by atoms with Crippen LogP contribution in [0.5, 0.6) is 0 Å². The van der Waals surface area contributed by atoms with Gasteiger partial charge in [0.25, 0.3) is 0 Å². The number of hydrogen-bond acceptors (Lipinski definition) is 3. The van der Waals surface area contributed by atoms with Crippen molar-refractivity contribution < 1.29 is 0 Å². The molecule has 1 aromatic heterocycles. The van der Waals surface area contributed by atoms with E-state index in [1.807, 2.05) is 13.0 Å². The summed E-state index contributed by atoms with van der Waals surface area (Å²) in [7, 11) is 0. The van der Waals surface area contributed by atoms with Crippen LogP contribution in [-0.2, 0) is 0 Å². The molecule has 3 heteroatoms. The predicted octanol–water partition coefficient (Wildman–Crippen LogP) is 2.29. The van der Waals surface area contributed by atoms with Crippen LogP contribution >= 0.6 is 11.8 Å². The van der Waals surface area contributed by atoms with Gasteiger partial charge in [0.1, 0.15) is 5.82 Å². The largest absolute Gasteiger partial charge is 0.242 e. The van der Waals surface area contributed by atoms with E-state index < -0.39 is 0 Å². The molecule has 0 saturated heterocycles. The van der Waals surface area contributed by atoms with Crippen LogP contribution in [0.1, 0.15) is 19.2 Å². The normalized spacial score (nSPS) is 10.0. The van der Waals surface area contributed by atoms with Gasteiger partial charge in [-0.1, -0.05) is 6.92 Å². The van der Waals surface area contributed by atoms with Crippen molar-refractivity contribution in [1.29, 1.82) is 0 Å². The molecule has 0 aromatic carbocycles. The van der Waals surface area contributed by atoms with Crippen molar-refractivity contribution in [3.05, 3.63) is 18.1 Å². The summed E-state index contributed by atoms with van der Waals surface area (Å²) >= 11 is 1.78. The smallest absolute Gasteiger partial charge is 0.126 e. The van der Waals surface area contributed by atoms with Gasteiger partial charge >= 0.3 is 0 Å². The molecule has 0 atom stereocenters. The average Bonchev–Trinajstić information content (AvgIpc) is 2.01. The molecule has 0 saturated carbocycles. The predicted molar refractivity (Wildman–Crippen MR) is 47.8 cm³/mol. The highest BCUT2D eigenvalue weighted by atomic mass is 32.2. The van der Waals surface area contributed by atoms with Crippen LogP contribution in [-0.4, -0.2) is 15.7 Å². The highest BCUT2D eigenvalue weighted by Gasteiger charge is 1.93. The highest BCUT2D eigenvalue weighted by Crippen LogP contribution is 2.14. The summed E-state index contributed by atoms with van der Waals surface area (Å²) in [6.45, 7) is 4.08. The van der Waals surface area contributed by atoms with E-state index in [0.29, 0.717) is 0 Å². The second kappa shape index (κ2) is 4.34. The summed E-state index contributed by atoms with van der Waals surface area (Å²) in [5.41, 5.74) is 0. The van der Waals surface area contributed by atoms with Crippen LogP contribution in [0.2, 0.25) is 0 Å². The second-order valence-corrected chi connectivity index (χ2v) is 3.41. The lowest BCUT2D eigenvalue weighted by atomic mass is 10.6. The van der Waals surface area contributed by atoms with Gasteiger partial charge in [0.2, 0.25) is 0 Å². The summed E-state index contributed by atoms with van der Waals surface area (Å²) < 4.78 is 0. The first-order chi connectivity index (χ1) is 5.33. The number of nitrogens with zero attached hydrogens (tertiary/aromatic N) is 2. The Bertz CT molecular complexity index is 225. The van der Waals surface area contributed by atoms with E-state index in [4.69, 9.17) is 0 Å². The summed E-state index contributed by atoms with van der Waals surface area (Å²) in [5, 5.41) is 1.08. The summed E-state index contributed by atoms with van der Waals surface area (Å²) in [4.78, 5) is 8.29. The van der Waals surface area contributed by atoms with Gasteiger partial charge in [0.05, 0.1) is 5.03 Å². The van der Waals surface area contributed by atoms with Crippen LogP contribution in [0.25, 0.3) is 0 Å². The molecule has 60 valence electrons. The van der Waals surface area contributed by atoms with E-state index in [-0.39, 0.29) is 0 Å². The lowest BCUT2D eigenvalue weighted by Gasteiger charge is -1.97. The van der Waals surface area contributed by atoms with Crippen molar-refractivity contribution in [3.63, 3.8) is 0 Å². The molecule has 0 spiro atoms. The van der Waals surface area contributed by atoms with E-state index in [9.17, 15) is 0 Å². The van der Waals surface area contributed by atoms with Crippen molar-refractivity contribution >= 4 is 11.8 Å². The number of aromatic nitrogens is 2. The third kappa shape index (κ3) is 2.89. The first kappa shape index (κ1) is 8.53. The van der Waals surface area contributed by atoms with Gasteiger partial charge in [-0.3, -0.25) is 0 Å². The van der Waals surface area contributed by atoms with Crippen LogP contribution < -0.4 is 0 Å². The van der Waals surface area contributed by atoms with E-state index >= 15 is 0 Å². The maximum absolute atomic E-state index is 4.26. The first-order valence-electron chi connectivity index (χ1n) is 3.75. The van der Waals surface area contributed by atoms with Gasteiger partial charge in [-0.05, 0) is 25.2 Å². The second-order valence-electron chi connectivity index (χ2n) is 2.29. The molecule has 0 unspecified atom stereocenters. The van der Waals surface area contributed by atoms with Crippen LogP contribution in [0.3, 0.4) is 0 Å². The minimum atomic E-state index is 0.853. The molecule has 11 heavy (non-hydrogen) atoms. The van der Waals surface area contributed by atoms with Gasteiger partial charge in [-0.2, -0.15) is 0 Å². The van der Waals surface area contributed by atoms with Gasteiger partial charge in [0, 0.05) is 6.20 Å². The monoisotopic (exact) mass is 168 g/mol. The van der Waals surface area contributed by atoms with Gasteiger partial charge in [0.15, 0.2) is 0 Å². The quantitative estimate of drug-likeness (QED) is 0.511. The van der Waals surface area contributed by atoms with Crippen LogP contribution in [0, 0.1) is 6.92 Å². The van der Waals surface area contributed by atoms with Crippen molar-refractivity contribution in [3.8, 4) is 0 Å². The zero-order valence-electron chi connectivity index (χ0n) is 6.87. The molecule has 1 aromatic rings. The number of rotatable bonds is 3. The molecule has 0 aliphatic rings. The van der Waals surface area contributed by atoms with Gasteiger partial charge in [-0.25, -0.2) is 9.97 Å². The Morgan fingerprint density at radius 1 is 1.55 bits per heavy atom. The Morgan fingerprint density at radius 2 is 2.36 bits per heavy atom. The van der Waals surface area contributed by atoms with E-state index in [1.165, 1.54) is 6.42 Å². The maximum Gasteiger partial charge on any atom is 0.126 e. The fraction of sp³-hybridized carbons (Fsp3) is 0.500.